The van der Waals surface area contributed by atoms with Crippen LogP contribution in [0.2, 0.25) is 0 Å². The number of halogens is 1. The lowest BCUT2D eigenvalue weighted by atomic mass is 10.4. The lowest BCUT2D eigenvalue weighted by molar-refractivity contribution is 0.708. The maximum absolute atomic E-state index is 5.90. The van der Waals surface area contributed by atoms with Crippen LogP contribution in [0.3, 0.4) is 0 Å². The standard InChI is InChI=1S/C10H11BrN4/c1-5-2-8(5)15-9-7(14-10(15)12)3-6(11)4-13-9/h3-5,8H,2H2,1H3,(H2,12,14). The van der Waals surface area contributed by atoms with Crippen LogP contribution in [0.5, 0.6) is 0 Å². The molecule has 78 valence electrons. The molecule has 0 spiro atoms. The van der Waals surface area contributed by atoms with Crippen molar-refractivity contribution in [3.63, 3.8) is 0 Å². The van der Waals surface area contributed by atoms with Gasteiger partial charge in [0.1, 0.15) is 5.52 Å². The summed E-state index contributed by atoms with van der Waals surface area (Å²) in [5.41, 5.74) is 7.66. The molecule has 2 aromatic rings. The highest BCUT2D eigenvalue weighted by atomic mass is 79.9. The second-order valence-electron chi connectivity index (χ2n) is 4.12. The van der Waals surface area contributed by atoms with Crippen molar-refractivity contribution in [1.29, 1.82) is 0 Å². The van der Waals surface area contributed by atoms with Crippen molar-refractivity contribution in [2.24, 2.45) is 5.92 Å². The Kier molecular flexibility index (Phi) is 1.80. The Hall–Kier alpha value is -1.10. The molecule has 0 radical (unpaired) electrons. The number of hydrogen-bond acceptors (Lipinski definition) is 3. The minimum atomic E-state index is 0.490. The van der Waals surface area contributed by atoms with Gasteiger partial charge in [-0.25, -0.2) is 9.97 Å². The minimum absolute atomic E-state index is 0.490. The minimum Gasteiger partial charge on any atom is -0.369 e. The average molecular weight is 267 g/mol. The lowest BCUT2D eigenvalue weighted by Crippen LogP contribution is -2.02. The quantitative estimate of drug-likeness (QED) is 0.862. The Labute approximate surface area is 95.6 Å². The van der Waals surface area contributed by atoms with Gasteiger partial charge in [-0.2, -0.15) is 0 Å². The molecule has 4 nitrogen and oxygen atoms in total. The van der Waals surface area contributed by atoms with Gasteiger partial charge in [0.05, 0.1) is 0 Å². The highest BCUT2D eigenvalue weighted by Crippen LogP contribution is 2.45. The van der Waals surface area contributed by atoms with E-state index in [1.54, 1.807) is 6.20 Å². The fourth-order valence-electron chi connectivity index (χ4n) is 1.96. The second kappa shape index (κ2) is 2.95. The number of imidazole rings is 1. The molecular formula is C10H11BrN4. The number of nitrogens with zero attached hydrogens (tertiary/aromatic N) is 3. The summed E-state index contributed by atoms with van der Waals surface area (Å²) in [6.07, 6.45) is 2.96. The van der Waals surface area contributed by atoms with Gasteiger partial charge in [-0.15, -0.1) is 0 Å². The summed E-state index contributed by atoms with van der Waals surface area (Å²) < 4.78 is 2.98. The molecular weight excluding hydrogens is 256 g/mol. The van der Waals surface area contributed by atoms with Crippen molar-refractivity contribution < 1.29 is 0 Å². The number of anilines is 1. The Balaban J connectivity index is 2.24. The van der Waals surface area contributed by atoms with Crippen LogP contribution in [-0.2, 0) is 0 Å². The van der Waals surface area contributed by atoms with E-state index in [0.717, 1.165) is 15.6 Å². The molecule has 2 unspecified atom stereocenters. The zero-order chi connectivity index (χ0) is 10.6. The summed E-state index contributed by atoms with van der Waals surface area (Å²) in [5, 5.41) is 0. The number of aromatic nitrogens is 3. The van der Waals surface area contributed by atoms with Crippen molar-refractivity contribution >= 4 is 33.0 Å². The Morgan fingerprint density at radius 3 is 3.00 bits per heavy atom. The monoisotopic (exact) mass is 266 g/mol. The first-order chi connectivity index (χ1) is 7.16. The largest absolute Gasteiger partial charge is 0.369 e. The van der Waals surface area contributed by atoms with E-state index in [1.165, 1.54) is 6.42 Å². The van der Waals surface area contributed by atoms with Gasteiger partial charge in [0.25, 0.3) is 0 Å². The Morgan fingerprint density at radius 1 is 1.60 bits per heavy atom. The van der Waals surface area contributed by atoms with Gasteiger partial charge in [0, 0.05) is 16.7 Å². The third kappa shape index (κ3) is 1.33. The van der Waals surface area contributed by atoms with Crippen molar-refractivity contribution in [3.8, 4) is 0 Å². The van der Waals surface area contributed by atoms with E-state index < -0.39 is 0 Å². The average Bonchev–Trinajstić information content (AvgIpc) is 2.77. The van der Waals surface area contributed by atoms with Crippen LogP contribution in [0.25, 0.3) is 11.2 Å². The molecule has 1 aliphatic carbocycles. The van der Waals surface area contributed by atoms with Gasteiger partial charge < -0.3 is 5.73 Å². The molecule has 0 bridgehead atoms. The van der Waals surface area contributed by atoms with Gasteiger partial charge in [0.15, 0.2) is 5.65 Å². The summed E-state index contributed by atoms with van der Waals surface area (Å²) in [6, 6.07) is 2.44. The first-order valence-electron chi connectivity index (χ1n) is 4.96. The van der Waals surface area contributed by atoms with Gasteiger partial charge in [-0.3, -0.25) is 4.57 Å². The SMILES string of the molecule is CC1CC1n1c(N)nc2cc(Br)cnc21. The summed E-state index contributed by atoms with van der Waals surface area (Å²) in [7, 11) is 0. The number of nitrogen functional groups attached to an aromatic ring is 1. The molecule has 2 heterocycles. The van der Waals surface area contributed by atoms with E-state index in [4.69, 9.17) is 5.73 Å². The molecule has 1 aliphatic rings. The van der Waals surface area contributed by atoms with Crippen LogP contribution in [-0.4, -0.2) is 14.5 Å². The number of fused-ring (bicyclic) bond motifs is 1. The van der Waals surface area contributed by atoms with Crippen LogP contribution < -0.4 is 5.73 Å². The van der Waals surface area contributed by atoms with E-state index in [-0.39, 0.29) is 0 Å². The van der Waals surface area contributed by atoms with Crippen LogP contribution in [0.1, 0.15) is 19.4 Å². The van der Waals surface area contributed by atoms with Crippen LogP contribution in [0.4, 0.5) is 5.95 Å². The molecule has 2 atom stereocenters. The number of nitrogens with two attached hydrogens (primary N) is 1. The van der Waals surface area contributed by atoms with E-state index in [9.17, 15) is 0 Å². The van der Waals surface area contributed by atoms with Gasteiger partial charge in [-0.1, -0.05) is 6.92 Å². The predicted octanol–water partition coefficient (Wildman–Crippen LogP) is 2.36. The Morgan fingerprint density at radius 2 is 2.33 bits per heavy atom. The van der Waals surface area contributed by atoms with Crippen LogP contribution in [0, 0.1) is 5.92 Å². The summed E-state index contributed by atoms with van der Waals surface area (Å²) in [5.74, 6) is 1.26. The third-order valence-corrected chi connectivity index (χ3v) is 3.36. The topological polar surface area (TPSA) is 56.7 Å². The summed E-state index contributed by atoms with van der Waals surface area (Å²) >= 11 is 3.38. The molecule has 3 rings (SSSR count). The zero-order valence-electron chi connectivity index (χ0n) is 8.31. The normalized spacial score (nSPS) is 24.7. The molecule has 2 aromatic heterocycles. The van der Waals surface area contributed by atoms with Gasteiger partial charge in [0.2, 0.25) is 5.95 Å². The van der Waals surface area contributed by atoms with Crippen molar-refractivity contribution in [3.05, 3.63) is 16.7 Å². The summed E-state index contributed by atoms with van der Waals surface area (Å²) in [4.78, 5) is 8.69. The number of rotatable bonds is 1. The fraction of sp³-hybridized carbons (Fsp3) is 0.400. The van der Waals surface area contributed by atoms with E-state index in [2.05, 4.69) is 32.8 Å². The molecule has 0 aliphatic heterocycles. The second-order valence-corrected chi connectivity index (χ2v) is 5.03. The van der Waals surface area contributed by atoms with Gasteiger partial charge in [-0.05, 0) is 34.3 Å². The molecule has 1 fully saturated rings. The first-order valence-corrected chi connectivity index (χ1v) is 5.75. The van der Waals surface area contributed by atoms with E-state index in [1.807, 2.05) is 10.6 Å². The van der Waals surface area contributed by atoms with E-state index in [0.29, 0.717) is 17.9 Å². The number of hydrogen-bond donors (Lipinski definition) is 1. The molecule has 2 N–H and O–H groups in total. The maximum atomic E-state index is 5.90. The smallest absolute Gasteiger partial charge is 0.202 e. The van der Waals surface area contributed by atoms with Crippen molar-refractivity contribution in [2.45, 2.75) is 19.4 Å². The zero-order valence-corrected chi connectivity index (χ0v) is 9.90. The first kappa shape index (κ1) is 9.15. The fourth-order valence-corrected chi connectivity index (χ4v) is 2.28. The van der Waals surface area contributed by atoms with Crippen molar-refractivity contribution in [2.75, 3.05) is 5.73 Å². The maximum Gasteiger partial charge on any atom is 0.202 e. The lowest BCUT2D eigenvalue weighted by Gasteiger charge is -2.02. The third-order valence-electron chi connectivity index (χ3n) is 2.92. The molecule has 15 heavy (non-hydrogen) atoms. The molecule has 1 saturated carbocycles. The van der Waals surface area contributed by atoms with Gasteiger partial charge >= 0.3 is 0 Å². The van der Waals surface area contributed by atoms with Crippen LogP contribution >= 0.6 is 15.9 Å². The Bertz CT molecular complexity index is 533. The highest BCUT2D eigenvalue weighted by molar-refractivity contribution is 9.10. The molecule has 0 amide bonds. The molecule has 5 heteroatoms. The number of pyridine rings is 1. The highest BCUT2D eigenvalue weighted by Gasteiger charge is 2.37. The van der Waals surface area contributed by atoms with E-state index >= 15 is 0 Å². The summed E-state index contributed by atoms with van der Waals surface area (Å²) in [6.45, 7) is 2.22. The molecule has 0 saturated heterocycles. The van der Waals surface area contributed by atoms with Crippen molar-refractivity contribution in [1.82, 2.24) is 14.5 Å². The predicted molar refractivity (Wildman–Crippen MR) is 62.5 cm³/mol. The van der Waals surface area contributed by atoms with Crippen LogP contribution in [0.15, 0.2) is 16.7 Å². The molecule has 0 aromatic carbocycles.